The molecule has 2 N–H and O–H groups in total. The van der Waals surface area contributed by atoms with E-state index < -0.39 is 0 Å². The van der Waals surface area contributed by atoms with Crippen LogP contribution < -0.4 is 5.73 Å². The van der Waals surface area contributed by atoms with Crippen molar-refractivity contribution in [2.75, 3.05) is 13.6 Å². The molecule has 0 aromatic carbocycles. The van der Waals surface area contributed by atoms with E-state index in [1.165, 1.54) is 19.4 Å². The average Bonchev–Trinajstić information content (AvgIpc) is 2.95. The maximum Gasteiger partial charge on any atom is 0.155 e. The second-order valence-corrected chi connectivity index (χ2v) is 5.00. The zero-order valence-corrected chi connectivity index (χ0v) is 10.7. The van der Waals surface area contributed by atoms with Gasteiger partial charge in [0, 0.05) is 19.0 Å². The highest BCUT2D eigenvalue weighted by Gasteiger charge is 2.22. The Morgan fingerprint density at radius 1 is 1.44 bits per heavy atom. The lowest BCUT2D eigenvalue weighted by molar-refractivity contribution is 0.306. The van der Waals surface area contributed by atoms with Crippen LogP contribution in [0.5, 0.6) is 0 Å². The summed E-state index contributed by atoms with van der Waals surface area (Å²) in [7, 11) is 2.18. The van der Waals surface area contributed by atoms with Crippen LogP contribution in [0.4, 0.5) is 0 Å². The number of rotatable bonds is 3. The van der Waals surface area contributed by atoms with Gasteiger partial charge in [0.1, 0.15) is 0 Å². The molecule has 0 amide bonds. The first-order valence-electron chi connectivity index (χ1n) is 6.52. The molecule has 1 saturated heterocycles. The summed E-state index contributed by atoms with van der Waals surface area (Å²) in [6.07, 6.45) is 3.46. The Morgan fingerprint density at radius 3 is 3.06 bits per heavy atom. The number of nitrogens with zero attached hydrogens (tertiary/aromatic N) is 4. The summed E-state index contributed by atoms with van der Waals surface area (Å²) in [4.78, 5) is 6.99. The Hall–Kier alpha value is -1.46. The van der Waals surface area contributed by atoms with Crippen molar-refractivity contribution < 1.29 is 0 Å². The maximum absolute atomic E-state index is 5.71. The van der Waals surface area contributed by atoms with Crippen LogP contribution in [-0.4, -0.2) is 39.1 Å². The van der Waals surface area contributed by atoms with Crippen LogP contribution in [0.3, 0.4) is 0 Å². The Kier molecular flexibility index (Phi) is 3.01. The van der Waals surface area contributed by atoms with Gasteiger partial charge in [0.2, 0.25) is 0 Å². The quantitative estimate of drug-likeness (QED) is 0.870. The van der Waals surface area contributed by atoms with Crippen molar-refractivity contribution in [1.82, 2.24) is 19.5 Å². The molecule has 1 unspecified atom stereocenters. The maximum atomic E-state index is 5.71. The fourth-order valence-electron chi connectivity index (χ4n) is 2.69. The van der Waals surface area contributed by atoms with E-state index in [-0.39, 0.29) is 0 Å². The number of hydrogen-bond donors (Lipinski definition) is 1. The third-order valence-electron chi connectivity index (χ3n) is 3.78. The van der Waals surface area contributed by atoms with Gasteiger partial charge >= 0.3 is 0 Å². The van der Waals surface area contributed by atoms with E-state index in [0.717, 1.165) is 23.6 Å². The Labute approximate surface area is 107 Å². The zero-order valence-electron chi connectivity index (χ0n) is 10.7. The van der Waals surface area contributed by atoms with Crippen LogP contribution in [0.25, 0.3) is 5.65 Å². The normalized spacial score (nSPS) is 20.9. The molecule has 3 rings (SSSR count). The molecular weight excluding hydrogens is 226 g/mol. The summed E-state index contributed by atoms with van der Waals surface area (Å²) in [5.41, 5.74) is 7.62. The van der Waals surface area contributed by atoms with Crippen LogP contribution in [0.2, 0.25) is 0 Å². The van der Waals surface area contributed by atoms with Crippen molar-refractivity contribution in [2.45, 2.75) is 31.8 Å². The van der Waals surface area contributed by atoms with Gasteiger partial charge in [-0.1, -0.05) is 6.07 Å². The number of nitrogens with two attached hydrogens (primary N) is 1. The Bertz CT molecular complexity index is 547. The van der Waals surface area contributed by atoms with Crippen molar-refractivity contribution in [1.29, 1.82) is 0 Å². The molecule has 2 aromatic rings. The second kappa shape index (κ2) is 4.66. The van der Waals surface area contributed by atoms with Gasteiger partial charge in [-0.15, -0.1) is 0 Å². The van der Waals surface area contributed by atoms with Gasteiger partial charge in [0.15, 0.2) is 11.5 Å². The van der Waals surface area contributed by atoms with Gasteiger partial charge in [0.25, 0.3) is 0 Å². The van der Waals surface area contributed by atoms with Crippen LogP contribution in [-0.2, 0) is 13.0 Å². The topological polar surface area (TPSA) is 59.5 Å². The molecule has 0 saturated carbocycles. The molecule has 0 bridgehead atoms. The molecule has 96 valence electrons. The lowest BCUT2D eigenvalue weighted by Crippen LogP contribution is -2.27. The molecule has 2 aromatic heterocycles. The van der Waals surface area contributed by atoms with Crippen LogP contribution in [0.1, 0.15) is 24.4 Å². The molecule has 0 spiro atoms. The SMILES string of the molecule is CN1CCCC1Cc1nc2cccc(CN)n2n1. The van der Waals surface area contributed by atoms with Crippen molar-refractivity contribution in [3.63, 3.8) is 0 Å². The average molecular weight is 245 g/mol. The fraction of sp³-hybridized carbons (Fsp3) is 0.538. The summed E-state index contributed by atoms with van der Waals surface area (Å²) >= 11 is 0. The standard InChI is InChI=1S/C13H19N5/c1-17-7-3-5-10(17)8-12-15-13-6-2-4-11(9-14)18(13)16-12/h2,4,6,10H,3,5,7-9,14H2,1H3. The van der Waals surface area contributed by atoms with E-state index in [0.29, 0.717) is 12.6 Å². The van der Waals surface area contributed by atoms with Gasteiger partial charge < -0.3 is 10.6 Å². The molecule has 1 atom stereocenters. The van der Waals surface area contributed by atoms with Crippen LogP contribution in [0, 0.1) is 0 Å². The number of hydrogen-bond acceptors (Lipinski definition) is 4. The molecule has 3 heterocycles. The highest BCUT2D eigenvalue weighted by atomic mass is 15.3. The minimum atomic E-state index is 0.490. The van der Waals surface area contributed by atoms with Crippen molar-refractivity contribution >= 4 is 5.65 Å². The summed E-state index contributed by atoms with van der Waals surface area (Å²) in [5.74, 6) is 0.926. The van der Waals surface area contributed by atoms with E-state index in [1.807, 2.05) is 22.7 Å². The number of likely N-dealkylation sites (tertiary alicyclic amines) is 1. The van der Waals surface area contributed by atoms with Crippen LogP contribution >= 0.6 is 0 Å². The van der Waals surface area contributed by atoms with Gasteiger partial charge in [0.05, 0.1) is 5.69 Å². The van der Waals surface area contributed by atoms with Crippen molar-refractivity contribution in [2.24, 2.45) is 5.73 Å². The van der Waals surface area contributed by atoms with E-state index >= 15 is 0 Å². The van der Waals surface area contributed by atoms with Crippen LogP contribution in [0.15, 0.2) is 18.2 Å². The van der Waals surface area contributed by atoms with Gasteiger partial charge in [-0.2, -0.15) is 5.10 Å². The van der Waals surface area contributed by atoms with Gasteiger partial charge in [-0.3, -0.25) is 0 Å². The smallest absolute Gasteiger partial charge is 0.155 e. The highest BCUT2D eigenvalue weighted by Crippen LogP contribution is 2.18. The molecule has 18 heavy (non-hydrogen) atoms. The first-order chi connectivity index (χ1) is 8.78. The summed E-state index contributed by atoms with van der Waals surface area (Å²) < 4.78 is 1.87. The molecule has 0 radical (unpaired) electrons. The molecule has 5 heteroatoms. The van der Waals surface area contributed by atoms with Crippen molar-refractivity contribution in [3.8, 4) is 0 Å². The minimum absolute atomic E-state index is 0.490. The predicted molar refractivity (Wildman–Crippen MR) is 70.2 cm³/mol. The summed E-state index contributed by atoms with van der Waals surface area (Å²) in [6, 6.07) is 6.54. The molecule has 1 aliphatic rings. The molecule has 5 nitrogen and oxygen atoms in total. The Morgan fingerprint density at radius 2 is 2.33 bits per heavy atom. The summed E-state index contributed by atoms with van der Waals surface area (Å²) in [6.45, 7) is 1.68. The first kappa shape index (κ1) is 11.6. The second-order valence-electron chi connectivity index (χ2n) is 5.00. The largest absolute Gasteiger partial charge is 0.325 e. The third kappa shape index (κ3) is 2.00. The molecule has 1 fully saturated rings. The first-order valence-corrected chi connectivity index (χ1v) is 6.52. The zero-order chi connectivity index (χ0) is 12.5. The number of likely N-dealkylation sites (N-methyl/N-ethyl adjacent to an activating group) is 1. The van der Waals surface area contributed by atoms with E-state index in [9.17, 15) is 0 Å². The van der Waals surface area contributed by atoms with E-state index in [4.69, 9.17) is 5.73 Å². The number of aromatic nitrogens is 3. The van der Waals surface area contributed by atoms with E-state index in [2.05, 4.69) is 22.0 Å². The lowest BCUT2D eigenvalue weighted by Gasteiger charge is -2.17. The van der Waals surface area contributed by atoms with Gasteiger partial charge in [-0.05, 0) is 38.6 Å². The van der Waals surface area contributed by atoms with Crippen molar-refractivity contribution in [3.05, 3.63) is 29.7 Å². The number of pyridine rings is 1. The molecular formula is C13H19N5. The summed E-state index contributed by atoms with van der Waals surface area (Å²) in [5, 5.41) is 4.58. The monoisotopic (exact) mass is 245 g/mol. The minimum Gasteiger partial charge on any atom is -0.325 e. The highest BCUT2D eigenvalue weighted by molar-refractivity contribution is 5.38. The third-order valence-corrected chi connectivity index (χ3v) is 3.78. The molecule has 1 aliphatic heterocycles. The lowest BCUT2D eigenvalue weighted by atomic mass is 10.1. The molecule has 0 aliphatic carbocycles. The van der Waals surface area contributed by atoms with Gasteiger partial charge in [-0.25, -0.2) is 9.50 Å². The van der Waals surface area contributed by atoms with E-state index in [1.54, 1.807) is 0 Å². The predicted octanol–water partition coefficient (Wildman–Crippen LogP) is 0.825. The number of fused-ring (bicyclic) bond motifs is 1. The Balaban J connectivity index is 1.89. The fourth-order valence-corrected chi connectivity index (χ4v) is 2.69.